The van der Waals surface area contributed by atoms with E-state index in [4.69, 9.17) is 9.47 Å². The van der Waals surface area contributed by atoms with Crippen LogP contribution in [0.25, 0.3) is 21.9 Å². The lowest BCUT2D eigenvalue weighted by atomic mass is 10.2. The average molecular weight is 438 g/mol. The number of ether oxygens (including phenoxy) is 2. The summed E-state index contributed by atoms with van der Waals surface area (Å²) in [4.78, 5) is 33.1. The Hall–Kier alpha value is -3.82. The number of nitrogens with one attached hydrogen (secondary N) is 2. The normalized spacial score (nSPS) is 11.3. The molecule has 0 atom stereocenters. The van der Waals surface area contributed by atoms with Crippen molar-refractivity contribution in [2.24, 2.45) is 0 Å². The maximum absolute atomic E-state index is 13.0. The van der Waals surface area contributed by atoms with Gasteiger partial charge in [-0.2, -0.15) is 5.10 Å². The minimum Gasteiger partial charge on any atom is -0.493 e. The molecule has 32 heavy (non-hydrogen) atoms. The van der Waals surface area contributed by atoms with Crippen molar-refractivity contribution in [3.8, 4) is 11.5 Å². The lowest BCUT2D eigenvalue weighted by Crippen LogP contribution is -2.32. The zero-order valence-electron chi connectivity index (χ0n) is 18.8. The fourth-order valence-corrected chi connectivity index (χ4v) is 3.93. The molecule has 0 bridgehead atoms. The molecule has 1 aromatic carbocycles. The average Bonchev–Trinajstić information content (AvgIpc) is 3.29. The number of methoxy groups -OCH3 is 2. The summed E-state index contributed by atoms with van der Waals surface area (Å²) >= 11 is 0. The van der Waals surface area contributed by atoms with Gasteiger partial charge < -0.3 is 19.8 Å². The van der Waals surface area contributed by atoms with Crippen LogP contribution in [-0.2, 0) is 24.4 Å². The largest absolute Gasteiger partial charge is 0.493 e. The zero-order valence-corrected chi connectivity index (χ0v) is 18.8. The fraction of sp³-hybridized carbons (Fsp3) is 0.364. The van der Waals surface area contributed by atoms with Gasteiger partial charge in [0, 0.05) is 35.8 Å². The van der Waals surface area contributed by atoms with Gasteiger partial charge in [0.25, 0.3) is 5.56 Å². The number of fused-ring (bicyclic) bond motifs is 3. The van der Waals surface area contributed by atoms with Crippen molar-refractivity contribution in [2.75, 3.05) is 14.2 Å². The Morgan fingerprint density at radius 1 is 1.19 bits per heavy atom. The summed E-state index contributed by atoms with van der Waals surface area (Å²) in [5.74, 6) is 0.808. The van der Waals surface area contributed by atoms with Crippen LogP contribution < -0.4 is 20.3 Å². The molecule has 0 radical (unpaired) electrons. The SMILES string of the molecule is CCn1nc(C)c(CNC(=O)Cn2cnc3c([nH]c4cc(OC)c(OC)cc43)c2=O)c1C. The van der Waals surface area contributed by atoms with Gasteiger partial charge in [0.05, 0.1) is 31.8 Å². The van der Waals surface area contributed by atoms with Gasteiger partial charge in [-0.05, 0) is 26.8 Å². The van der Waals surface area contributed by atoms with E-state index in [0.717, 1.165) is 28.9 Å². The number of aromatic amines is 1. The third kappa shape index (κ3) is 3.57. The van der Waals surface area contributed by atoms with Crippen molar-refractivity contribution in [3.63, 3.8) is 0 Å². The predicted octanol–water partition coefficient (Wildman–Crippen LogP) is 2.04. The molecule has 3 heterocycles. The monoisotopic (exact) mass is 438 g/mol. The number of nitrogens with zero attached hydrogens (tertiary/aromatic N) is 4. The van der Waals surface area contributed by atoms with Crippen LogP contribution in [0.3, 0.4) is 0 Å². The number of aryl methyl sites for hydroxylation is 2. The molecule has 3 aromatic heterocycles. The van der Waals surface area contributed by atoms with Crippen molar-refractivity contribution in [1.82, 2.24) is 29.6 Å². The van der Waals surface area contributed by atoms with Crippen LogP contribution in [0, 0.1) is 13.8 Å². The topological polar surface area (TPSA) is 116 Å². The first-order valence-corrected chi connectivity index (χ1v) is 10.3. The Kier molecular flexibility index (Phi) is 5.60. The molecule has 0 aliphatic rings. The zero-order chi connectivity index (χ0) is 23.0. The standard InChI is InChI=1S/C22H26N6O4/c1-6-28-13(3)15(12(2)26-28)9-23-19(29)10-27-11-24-20-14-7-17(31-4)18(32-5)8-16(14)25-21(20)22(27)30/h7-8,11,25H,6,9-10H2,1-5H3,(H,23,29). The second-order valence-electron chi connectivity index (χ2n) is 7.52. The Labute approximate surface area is 184 Å². The molecule has 10 heteroatoms. The highest BCUT2D eigenvalue weighted by atomic mass is 16.5. The smallest absolute Gasteiger partial charge is 0.278 e. The van der Waals surface area contributed by atoms with E-state index in [1.807, 2.05) is 25.5 Å². The molecule has 10 nitrogen and oxygen atoms in total. The van der Waals surface area contributed by atoms with E-state index >= 15 is 0 Å². The summed E-state index contributed by atoms with van der Waals surface area (Å²) < 4.78 is 13.9. The van der Waals surface area contributed by atoms with Crippen molar-refractivity contribution < 1.29 is 14.3 Å². The van der Waals surface area contributed by atoms with Crippen LogP contribution in [0.4, 0.5) is 0 Å². The molecule has 4 rings (SSSR count). The van der Waals surface area contributed by atoms with Gasteiger partial charge in [0.1, 0.15) is 17.6 Å². The quantitative estimate of drug-likeness (QED) is 0.456. The summed E-state index contributed by atoms with van der Waals surface area (Å²) in [7, 11) is 3.10. The first kappa shape index (κ1) is 21.4. The summed E-state index contributed by atoms with van der Waals surface area (Å²) in [6, 6.07) is 3.53. The molecule has 168 valence electrons. The molecular formula is C22H26N6O4. The summed E-state index contributed by atoms with van der Waals surface area (Å²) in [5, 5.41) is 8.08. The van der Waals surface area contributed by atoms with E-state index in [9.17, 15) is 9.59 Å². The summed E-state index contributed by atoms with van der Waals surface area (Å²) in [6.45, 7) is 6.91. The van der Waals surface area contributed by atoms with Crippen LogP contribution in [0.1, 0.15) is 23.9 Å². The number of benzene rings is 1. The van der Waals surface area contributed by atoms with E-state index in [2.05, 4.69) is 20.4 Å². The number of carbonyl (C=O) groups is 1. The van der Waals surface area contributed by atoms with E-state index < -0.39 is 0 Å². The number of aromatic nitrogens is 5. The van der Waals surface area contributed by atoms with Gasteiger partial charge in [-0.25, -0.2) is 4.98 Å². The Balaban J connectivity index is 1.59. The molecule has 0 saturated carbocycles. The number of rotatable bonds is 7. The van der Waals surface area contributed by atoms with Gasteiger partial charge in [0.15, 0.2) is 11.5 Å². The molecule has 0 unspecified atom stereocenters. The number of hydrogen-bond donors (Lipinski definition) is 2. The Bertz CT molecular complexity index is 1380. The van der Waals surface area contributed by atoms with E-state index in [0.29, 0.717) is 34.6 Å². The Morgan fingerprint density at radius 3 is 2.56 bits per heavy atom. The van der Waals surface area contributed by atoms with Crippen LogP contribution in [0.2, 0.25) is 0 Å². The fourth-order valence-electron chi connectivity index (χ4n) is 3.93. The number of amides is 1. The highest BCUT2D eigenvalue weighted by Crippen LogP contribution is 2.34. The maximum atomic E-state index is 13.0. The maximum Gasteiger partial charge on any atom is 0.278 e. The van der Waals surface area contributed by atoms with Gasteiger partial charge in [0.2, 0.25) is 5.91 Å². The molecule has 0 aliphatic heterocycles. The number of carbonyl (C=O) groups excluding carboxylic acids is 1. The molecule has 0 saturated heterocycles. The van der Waals surface area contributed by atoms with Crippen molar-refractivity contribution in [3.05, 3.63) is 45.8 Å². The number of H-pyrrole nitrogens is 1. The third-order valence-electron chi connectivity index (χ3n) is 5.68. The van der Waals surface area contributed by atoms with Crippen molar-refractivity contribution >= 4 is 27.8 Å². The molecule has 0 aliphatic carbocycles. The first-order chi connectivity index (χ1) is 15.4. The molecular weight excluding hydrogens is 412 g/mol. The molecule has 1 amide bonds. The van der Waals surface area contributed by atoms with Crippen molar-refractivity contribution in [2.45, 2.75) is 40.4 Å². The van der Waals surface area contributed by atoms with Crippen LogP contribution in [0.15, 0.2) is 23.3 Å². The third-order valence-corrected chi connectivity index (χ3v) is 5.68. The highest BCUT2D eigenvalue weighted by molar-refractivity contribution is 6.05. The molecule has 0 spiro atoms. The lowest BCUT2D eigenvalue weighted by Gasteiger charge is -2.08. The van der Waals surface area contributed by atoms with Crippen LogP contribution in [0.5, 0.6) is 11.5 Å². The molecule has 0 fully saturated rings. The predicted molar refractivity (Wildman–Crippen MR) is 120 cm³/mol. The van der Waals surface area contributed by atoms with E-state index in [1.54, 1.807) is 26.4 Å². The van der Waals surface area contributed by atoms with Crippen molar-refractivity contribution in [1.29, 1.82) is 0 Å². The van der Waals surface area contributed by atoms with Gasteiger partial charge >= 0.3 is 0 Å². The lowest BCUT2D eigenvalue weighted by molar-refractivity contribution is -0.121. The minimum atomic E-state index is -0.328. The van der Waals surface area contributed by atoms with E-state index in [-0.39, 0.29) is 18.0 Å². The second-order valence-corrected chi connectivity index (χ2v) is 7.52. The molecule has 4 aromatic rings. The van der Waals surface area contributed by atoms with Crippen LogP contribution in [-0.4, -0.2) is 44.4 Å². The summed E-state index contributed by atoms with van der Waals surface area (Å²) in [6.07, 6.45) is 1.39. The summed E-state index contributed by atoms with van der Waals surface area (Å²) in [5.41, 5.74) is 4.10. The first-order valence-electron chi connectivity index (χ1n) is 10.3. The second kappa shape index (κ2) is 8.37. The highest BCUT2D eigenvalue weighted by Gasteiger charge is 2.16. The van der Waals surface area contributed by atoms with Gasteiger partial charge in [-0.15, -0.1) is 0 Å². The minimum absolute atomic E-state index is 0.135. The molecule has 2 N–H and O–H groups in total. The number of hydrogen-bond acceptors (Lipinski definition) is 6. The van der Waals surface area contributed by atoms with Gasteiger partial charge in [-0.3, -0.25) is 18.8 Å². The van der Waals surface area contributed by atoms with Gasteiger partial charge in [-0.1, -0.05) is 0 Å². The van der Waals surface area contributed by atoms with Crippen LogP contribution >= 0.6 is 0 Å². The Morgan fingerprint density at radius 2 is 1.91 bits per heavy atom. The van der Waals surface area contributed by atoms with E-state index in [1.165, 1.54) is 10.9 Å².